The number of fused-ring (bicyclic) bond motifs is 12. The third-order valence-electron chi connectivity index (χ3n) is 15.2. The van der Waals surface area contributed by atoms with E-state index in [0.29, 0.717) is 67.5 Å². The van der Waals surface area contributed by atoms with Crippen molar-refractivity contribution in [2.24, 2.45) is 0 Å². The van der Waals surface area contributed by atoms with Crippen LogP contribution in [-0.2, 0) is 74.6 Å². The van der Waals surface area contributed by atoms with Gasteiger partial charge in [0.2, 0.25) is 0 Å². The minimum absolute atomic E-state index is 0.0513. The van der Waals surface area contributed by atoms with Gasteiger partial charge in [-0.3, -0.25) is 20.2 Å². The molecular weight excluding hydrogens is 1090 g/mol. The maximum Gasteiger partial charge on any atom is 0.341 e. The molecule has 12 bridgehead atoms. The second-order valence-electron chi connectivity index (χ2n) is 25.9. The number of benzene rings is 6. The van der Waals surface area contributed by atoms with Crippen LogP contribution in [0.1, 0.15) is 172 Å². The number of hydrogen-bond acceptors (Lipinski definition) is 13. The second-order valence-corrected chi connectivity index (χ2v) is 25.9. The molecule has 0 aliphatic heterocycles. The molecule has 18 nitrogen and oxygen atoms in total. The molecule has 0 atom stereocenters. The van der Waals surface area contributed by atoms with Crippen LogP contribution in [0.4, 0.5) is 11.4 Å². The number of nitro groups is 2. The molecule has 3 N–H and O–H groups in total. The number of rotatable bonds is 14. The number of non-ortho nitro benzene ring substituents is 2. The quantitative estimate of drug-likeness (QED) is 0.0676. The van der Waals surface area contributed by atoms with Crippen LogP contribution < -0.4 is 28.4 Å². The van der Waals surface area contributed by atoms with Gasteiger partial charge in [0.25, 0.3) is 11.4 Å². The lowest BCUT2D eigenvalue weighted by molar-refractivity contribution is -0.385. The molecular formula is C67H78N2O16. The van der Waals surface area contributed by atoms with Crippen molar-refractivity contribution in [3.8, 4) is 34.5 Å². The van der Waals surface area contributed by atoms with Crippen molar-refractivity contribution < 1.29 is 68.0 Å². The average molecular weight is 1170 g/mol. The van der Waals surface area contributed by atoms with Crippen molar-refractivity contribution >= 4 is 29.3 Å². The molecule has 85 heavy (non-hydrogen) atoms. The highest BCUT2D eigenvalue weighted by molar-refractivity contribution is 5.71. The molecule has 18 heteroatoms. The van der Waals surface area contributed by atoms with Crippen molar-refractivity contribution in [2.75, 3.05) is 41.2 Å². The Morgan fingerprint density at radius 3 is 0.659 bits per heavy atom. The normalized spacial score (nSPS) is 13.0. The minimum atomic E-state index is -1.30. The van der Waals surface area contributed by atoms with Crippen LogP contribution in [0, 0.1) is 20.2 Å². The first kappa shape index (κ1) is 63.9. The van der Waals surface area contributed by atoms with Crippen molar-refractivity contribution in [3.63, 3.8) is 0 Å². The maximum atomic E-state index is 13.1. The van der Waals surface area contributed by atoms with Gasteiger partial charge in [-0.2, -0.15) is 0 Å². The zero-order chi connectivity index (χ0) is 62.8. The van der Waals surface area contributed by atoms with E-state index in [-0.39, 0.29) is 83.7 Å². The molecule has 0 unspecified atom stereocenters. The molecule has 6 aromatic rings. The zero-order valence-electron chi connectivity index (χ0n) is 51.3. The fourth-order valence-corrected chi connectivity index (χ4v) is 11.0. The monoisotopic (exact) mass is 1170 g/mol. The van der Waals surface area contributed by atoms with Crippen LogP contribution in [0.3, 0.4) is 0 Å². The van der Waals surface area contributed by atoms with Crippen LogP contribution in [-0.4, -0.2) is 84.2 Å². The molecule has 0 heterocycles. The van der Waals surface area contributed by atoms with E-state index >= 15 is 0 Å². The first-order chi connectivity index (χ1) is 39.6. The summed E-state index contributed by atoms with van der Waals surface area (Å²) in [5.74, 6) is -2.21. The molecule has 7 rings (SSSR count). The summed E-state index contributed by atoms with van der Waals surface area (Å²) in [6.07, 6.45) is -0.0313. The number of carboxylic acids is 3. The number of carbonyl (C=O) groups is 3. The molecule has 0 spiro atoms. The van der Waals surface area contributed by atoms with Gasteiger partial charge in [0, 0.05) is 85.0 Å². The van der Waals surface area contributed by atoms with E-state index in [1.54, 1.807) is 0 Å². The third-order valence-corrected chi connectivity index (χ3v) is 15.2. The Labute approximate surface area is 496 Å². The second kappa shape index (κ2) is 24.9. The summed E-state index contributed by atoms with van der Waals surface area (Å²) in [5, 5.41) is 56.7. The molecule has 452 valence electrons. The van der Waals surface area contributed by atoms with Crippen molar-refractivity contribution in [3.05, 3.63) is 182 Å². The minimum Gasteiger partial charge on any atom is -0.496 e. The zero-order valence-corrected chi connectivity index (χ0v) is 51.3. The molecule has 6 aromatic carbocycles. The first-order valence-corrected chi connectivity index (χ1v) is 28.0. The van der Waals surface area contributed by atoms with Gasteiger partial charge in [0.05, 0.1) is 31.2 Å². The Bertz CT molecular complexity index is 3400. The average Bonchev–Trinajstić information content (AvgIpc) is 1.59. The van der Waals surface area contributed by atoms with E-state index in [4.69, 9.17) is 28.4 Å². The van der Waals surface area contributed by atoms with E-state index in [1.807, 2.05) is 69.3 Å². The summed E-state index contributed by atoms with van der Waals surface area (Å²) in [6.45, 7) is 22.2. The highest BCUT2D eigenvalue weighted by Crippen LogP contribution is 2.46. The molecule has 0 fully saturated rings. The number of carboxylic acid groups (broad SMARTS) is 3. The SMILES string of the molecule is COc1c2cc(C(C)(C)C)cc1Cc1cc([N+](=O)[O-])cc(c1OCC(=O)O)Cc1cc(C(C)(C)C)cc(c1OC)Cc1cc(C(C)(C)C)cc(c1OCC(=O)O)Cc1cc(C(C)(C)C)cc(c1OC)Cc1cc([N+](=O)[O-])cc(c1OCC(=O)O)C2. The van der Waals surface area contributed by atoms with Gasteiger partial charge in [0.1, 0.15) is 34.5 Å². The van der Waals surface area contributed by atoms with Crippen molar-refractivity contribution in [2.45, 2.75) is 143 Å². The summed E-state index contributed by atoms with van der Waals surface area (Å²) in [7, 11) is 4.51. The molecule has 0 radical (unpaired) electrons. The van der Waals surface area contributed by atoms with Crippen LogP contribution in [0.25, 0.3) is 0 Å². The molecule has 0 amide bonds. The fraction of sp³-hybridized carbons (Fsp3) is 0.418. The van der Waals surface area contributed by atoms with Gasteiger partial charge in [-0.25, -0.2) is 14.4 Å². The van der Waals surface area contributed by atoms with E-state index < -0.39 is 69.2 Å². The summed E-state index contributed by atoms with van der Waals surface area (Å²) < 4.78 is 37.9. The number of aliphatic carboxylic acids is 3. The molecule has 1 aliphatic carbocycles. The van der Waals surface area contributed by atoms with Gasteiger partial charge in [-0.15, -0.1) is 0 Å². The van der Waals surface area contributed by atoms with E-state index in [1.165, 1.54) is 45.6 Å². The van der Waals surface area contributed by atoms with Crippen molar-refractivity contribution in [1.29, 1.82) is 0 Å². The van der Waals surface area contributed by atoms with Gasteiger partial charge >= 0.3 is 17.9 Å². The number of nitrogens with zero attached hydrogens (tertiary/aromatic N) is 2. The molecule has 0 aromatic heterocycles. The van der Waals surface area contributed by atoms with E-state index in [2.05, 4.69) is 62.3 Å². The van der Waals surface area contributed by atoms with Crippen molar-refractivity contribution in [1.82, 2.24) is 0 Å². The largest absolute Gasteiger partial charge is 0.496 e. The fourth-order valence-electron chi connectivity index (χ4n) is 11.0. The lowest BCUT2D eigenvalue weighted by Crippen LogP contribution is -2.18. The highest BCUT2D eigenvalue weighted by atomic mass is 16.6. The van der Waals surface area contributed by atoms with Crippen LogP contribution in [0.5, 0.6) is 34.5 Å². The number of methoxy groups -OCH3 is 3. The Morgan fingerprint density at radius 1 is 0.353 bits per heavy atom. The maximum absolute atomic E-state index is 13.1. The van der Waals surface area contributed by atoms with Gasteiger partial charge in [0.15, 0.2) is 19.8 Å². The molecule has 0 saturated carbocycles. The van der Waals surface area contributed by atoms with Gasteiger partial charge in [-0.05, 0) is 88.4 Å². The number of ether oxygens (including phenoxy) is 6. The van der Waals surface area contributed by atoms with Crippen LogP contribution in [0.15, 0.2) is 72.8 Å². The smallest absolute Gasteiger partial charge is 0.341 e. The Balaban J connectivity index is 1.70. The Morgan fingerprint density at radius 2 is 0.518 bits per heavy atom. The van der Waals surface area contributed by atoms with E-state index in [9.17, 15) is 49.9 Å². The first-order valence-electron chi connectivity index (χ1n) is 28.0. The van der Waals surface area contributed by atoms with Crippen LogP contribution >= 0.6 is 0 Å². The lowest BCUT2D eigenvalue weighted by atomic mass is 9.80. The van der Waals surface area contributed by atoms with E-state index in [0.717, 1.165) is 22.3 Å². The topological polar surface area (TPSA) is 254 Å². The Kier molecular flexibility index (Phi) is 18.7. The highest BCUT2D eigenvalue weighted by Gasteiger charge is 2.31. The Hall–Kier alpha value is -8.67. The standard InChI is InChI=1S/C67H78N2O16/c1-64(2,3)49-22-37-16-43-28-52(67(10,11)12)29-44(61(43)83-34-55(70)71)17-38-23-50(65(4,5)6)25-40(59(38)81-14)19-46-31-54(69(78)79)33-48(63(46)85-36-57(74)75)21-42-27-51(66(7,8)9)26-41(60(42)82-15)20-47-32-53(68(76)77)30-45(62(47)84-35-56(72)73)18-39(24-49)58(37)80-13/h22-33H,16-21,34-36H2,1-15H3,(H,70,71)(H,72,73)(H,74,75). The number of hydrogen-bond donors (Lipinski definition) is 3. The predicted octanol–water partition coefficient (Wildman–Crippen LogP) is 13.0. The lowest BCUT2D eigenvalue weighted by Gasteiger charge is -2.27. The summed E-state index contributed by atoms with van der Waals surface area (Å²) in [6, 6.07) is 21.2. The summed E-state index contributed by atoms with van der Waals surface area (Å²) >= 11 is 0. The molecule has 1 aliphatic rings. The van der Waals surface area contributed by atoms with Crippen LogP contribution in [0.2, 0.25) is 0 Å². The summed E-state index contributed by atoms with van der Waals surface area (Å²) in [5.41, 5.74) is 6.67. The van der Waals surface area contributed by atoms with Gasteiger partial charge in [-0.1, -0.05) is 132 Å². The number of nitro benzene ring substituents is 2. The third kappa shape index (κ3) is 15.0. The van der Waals surface area contributed by atoms with Gasteiger partial charge < -0.3 is 43.7 Å². The summed E-state index contributed by atoms with van der Waals surface area (Å²) in [4.78, 5) is 62.6. The predicted molar refractivity (Wildman–Crippen MR) is 323 cm³/mol. The molecule has 0 saturated heterocycles.